The molecule has 0 bridgehead atoms. The van der Waals surface area contributed by atoms with Crippen molar-refractivity contribution < 1.29 is 31.5 Å². The van der Waals surface area contributed by atoms with Crippen LogP contribution in [-0.2, 0) is 19.6 Å². The van der Waals surface area contributed by atoms with Crippen molar-refractivity contribution in [3.05, 3.63) is 82.3 Å². The number of thioether (sulfide) groups is 1. The van der Waals surface area contributed by atoms with Crippen LogP contribution < -0.4 is 10.0 Å². The Balaban J connectivity index is 1.62. The van der Waals surface area contributed by atoms with E-state index in [1.54, 1.807) is 6.07 Å². The minimum Gasteiger partial charge on any atom is -0.452 e. The maximum atomic E-state index is 12.7. The van der Waals surface area contributed by atoms with E-state index in [9.17, 15) is 26.8 Å². The summed E-state index contributed by atoms with van der Waals surface area (Å²) in [7, 11) is -4.08. The van der Waals surface area contributed by atoms with Crippen molar-refractivity contribution in [2.75, 3.05) is 16.6 Å². The van der Waals surface area contributed by atoms with Crippen LogP contribution >= 0.6 is 27.7 Å². The fourth-order valence-corrected chi connectivity index (χ4v) is 5.03. The van der Waals surface area contributed by atoms with Gasteiger partial charge in [0.1, 0.15) is 0 Å². The molecule has 0 heterocycles. The normalized spacial score (nSPS) is 11.2. The molecule has 0 saturated heterocycles. The molecule has 12 heteroatoms. The summed E-state index contributed by atoms with van der Waals surface area (Å²) in [5.41, 5.74) is 1.60. The van der Waals surface area contributed by atoms with Crippen molar-refractivity contribution in [1.29, 1.82) is 0 Å². The Morgan fingerprint density at radius 1 is 1.06 bits per heavy atom. The number of anilines is 2. The Bertz CT molecular complexity index is 1340. The van der Waals surface area contributed by atoms with E-state index in [4.69, 9.17) is 4.74 Å². The molecule has 0 radical (unpaired) electrons. The molecular weight excluding hydrogens is 566 g/mol. The minimum atomic E-state index is -4.08. The van der Waals surface area contributed by atoms with E-state index in [1.807, 2.05) is 19.1 Å². The summed E-state index contributed by atoms with van der Waals surface area (Å²) >= 11 is 3.68. The van der Waals surface area contributed by atoms with Gasteiger partial charge in [0, 0.05) is 15.1 Å². The Labute approximate surface area is 213 Å². The van der Waals surface area contributed by atoms with Crippen molar-refractivity contribution in [2.45, 2.75) is 22.5 Å². The second-order valence-electron chi connectivity index (χ2n) is 7.14. The first kappa shape index (κ1) is 26.6. The van der Waals surface area contributed by atoms with Gasteiger partial charge in [0.15, 0.2) is 6.61 Å². The van der Waals surface area contributed by atoms with E-state index in [2.05, 4.69) is 26.0 Å². The number of alkyl halides is 2. The Kier molecular flexibility index (Phi) is 8.87. The van der Waals surface area contributed by atoms with Crippen LogP contribution in [0.25, 0.3) is 0 Å². The molecule has 0 aliphatic rings. The fraction of sp³-hybridized carbons (Fsp3) is 0.130. The molecule has 35 heavy (non-hydrogen) atoms. The second kappa shape index (κ2) is 11.6. The molecule has 0 unspecified atom stereocenters. The van der Waals surface area contributed by atoms with Crippen LogP contribution in [0.2, 0.25) is 0 Å². The lowest BCUT2D eigenvalue weighted by Crippen LogP contribution is -2.21. The number of hydrogen-bond donors (Lipinski definition) is 2. The molecule has 0 spiro atoms. The number of nitrogens with one attached hydrogen (secondary N) is 2. The average Bonchev–Trinajstić information content (AvgIpc) is 2.80. The van der Waals surface area contributed by atoms with Gasteiger partial charge in [0.05, 0.1) is 16.1 Å². The summed E-state index contributed by atoms with van der Waals surface area (Å²) in [4.78, 5) is 24.6. The minimum absolute atomic E-state index is 0.0686. The van der Waals surface area contributed by atoms with Crippen molar-refractivity contribution in [3.63, 3.8) is 0 Å². The van der Waals surface area contributed by atoms with Crippen molar-refractivity contribution >= 4 is 61.0 Å². The van der Waals surface area contributed by atoms with E-state index < -0.39 is 34.3 Å². The van der Waals surface area contributed by atoms with Gasteiger partial charge in [0.2, 0.25) is 0 Å². The lowest BCUT2D eigenvalue weighted by Gasteiger charge is -2.11. The highest BCUT2D eigenvalue weighted by Crippen LogP contribution is 2.27. The number of carbonyl (C=O) groups is 2. The number of rotatable bonds is 9. The number of amides is 1. The summed E-state index contributed by atoms with van der Waals surface area (Å²) in [5.74, 6) is -4.04. The first-order chi connectivity index (χ1) is 16.5. The predicted octanol–water partition coefficient (Wildman–Crippen LogP) is 5.67. The molecule has 0 atom stereocenters. The van der Waals surface area contributed by atoms with Gasteiger partial charge in [-0.2, -0.15) is 8.78 Å². The molecule has 0 aliphatic carbocycles. The molecular formula is C23H19BrF2N2O5S2. The maximum absolute atomic E-state index is 12.7. The Hall–Kier alpha value is -2.96. The van der Waals surface area contributed by atoms with Gasteiger partial charge >= 0.3 is 5.97 Å². The highest BCUT2D eigenvalue weighted by atomic mass is 79.9. The molecule has 3 aromatic carbocycles. The van der Waals surface area contributed by atoms with E-state index in [0.717, 1.165) is 11.6 Å². The monoisotopic (exact) mass is 584 g/mol. The topological polar surface area (TPSA) is 102 Å². The standard InChI is InChI=1S/C23H19BrF2N2O5S2/c1-14-5-10-20(19(24)11-14)27-21(29)13-33-22(30)15-3-2-4-18(12-15)35(31,32)28-16-6-8-17(9-7-16)34-23(25)26/h2-12,23,28H,13H2,1H3,(H,27,29). The van der Waals surface area contributed by atoms with E-state index in [0.29, 0.717) is 21.9 Å². The Morgan fingerprint density at radius 3 is 2.43 bits per heavy atom. The highest BCUT2D eigenvalue weighted by molar-refractivity contribution is 9.10. The van der Waals surface area contributed by atoms with Gasteiger partial charge in [-0.15, -0.1) is 0 Å². The molecule has 3 aromatic rings. The summed E-state index contributed by atoms with van der Waals surface area (Å²) < 4.78 is 58.3. The van der Waals surface area contributed by atoms with E-state index in [1.165, 1.54) is 42.5 Å². The lowest BCUT2D eigenvalue weighted by molar-refractivity contribution is -0.119. The Morgan fingerprint density at radius 2 is 1.77 bits per heavy atom. The number of carbonyl (C=O) groups excluding carboxylic acids is 2. The van der Waals surface area contributed by atoms with Gasteiger partial charge in [-0.1, -0.05) is 23.9 Å². The van der Waals surface area contributed by atoms with Crippen LogP contribution in [0.3, 0.4) is 0 Å². The van der Waals surface area contributed by atoms with Gasteiger partial charge in [-0.3, -0.25) is 9.52 Å². The number of esters is 1. The molecule has 1 amide bonds. The van der Waals surface area contributed by atoms with E-state index in [-0.39, 0.29) is 21.0 Å². The molecule has 2 N–H and O–H groups in total. The summed E-state index contributed by atoms with van der Waals surface area (Å²) in [5, 5.41) is 2.61. The largest absolute Gasteiger partial charge is 0.452 e. The van der Waals surface area contributed by atoms with Crippen LogP contribution in [0.4, 0.5) is 20.2 Å². The molecule has 0 saturated carbocycles. The van der Waals surface area contributed by atoms with Crippen LogP contribution in [0.1, 0.15) is 15.9 Å². The zero-order chi connectivity index (χ0) is 25.6. The maximum Gasteiger partial charge on any atom is 0.338 e. The van der Waals surface area contributed by atoms with E-state index >= 15 is 0 Å². The zero-order valence-electron chi connectivity index (χ0n) is 18.1. The van der Waals surface area contributed by atoms with Crippen LogP contribution in [-0.4, -0.2) is 32.7 Å². The molecule has 0 aliphatic heterocycles. The summed E-state index contributed by atoms with van der Waals surface area (Å²) in [6, 6.07) is 15.9. The van der Waals surface area contributed by atoms with Gasteiger partial charge < -0.3 is 10.1 Å². The first-order valence-corrected chi connectivity index (χ1v) is 13.1. The third kappa shape index (κ3) is 7.77. The van der Waals surface area contributed by atoms with Crippen molar-refractivity contribution in [2.24, 2.45) is 0 Å². The van der Waals surface area contributed by atoms with Crippen molar-refractivity contribution in [3.8, 4) is 0 Å². The third-order valence-corrected chi connectivity index (χ3v) is 7.20. The molecule has 0 fully saturated rings. The second-order valence-corrected chi connectivity index (χ2v) is 10.7. The predicted molar refractivity (Wildman–Crippen MR) is 133 cm³/mol. The number of sulfonamides is 1. The smallest absolute Gasteiger partial charge is 0.338 e. The molecule has 184 valence electrons. The van der Waals surface area contributed by atoms with Crippen LogP contribution in [0.5, 0.6) is 0 Å². The van der Waals surface area contributed by atoms with Crippen LogP contribution in [0.15, 0.2) is 81.0 Å². The molecule has 3 rings (SSSR count). The number of ether oxygens (including phenoxy) is 1. The fourth-order valence-electron chi connectivity index (χ4n) is 2.83. The SMILES string of the molecule is Cc1ccc(NC(=O)COC(=O)c2cccc(S(=O)(=O)Nc3ccc(SC(F)F)cc3)c2)c(Br)c1. The quantitative estimate of drug-likeness (QED) is 0.248. The molecule has 0 aromatic heterocycles. The van der Waals surface area contributed by atoms with Gasteiger partial charge in [-0.05, 0) is 83.0 Å². The molecule has 7 nitrogen and oxygen atoms in total. The highest BCUT2D eigenvalue weighted by Gasteiger charge is 2.18. The third-order valence-electron chi connectivity index (χ3n) is 4.44. The summed E-state index contributed by atoms with van der Waals surface area (Å²) in [6.45, 7) is 1.32. The number of halogens is 3. The average molecular weight is 585 g/mol. The van der Waals surface area contributed by atoms with Gasteiger partial charge in [0.25, 0.3) is 21.7 Å². The van der Waals surface area contributed by atoms with Crippen molar-refractivity contribution in [1.82, 2.24) is 0 Å². The number of hydrogen-bond acceptors (Lipinski definition) is 6. The zero-order valence-corrected chi connectivity index (χ0v) is 21.3. The van der Waals surface area contributed by atoms with Gasteiger partial charge in [-0.25, -0.2) is 13.2 Å². The number of aryl methyl sites for hydroxylation is 1. The van der Waals surface area contributed by atoms with Crippen LogP contribution in [0, 0.1) is 6.92 Å². The summed E-state index contributed by atoms with van der Waals surface area (Å²) in [6.07, 6.45) is 0. The number of benzene rings is 3. The first-order valence-electron chi connectivity index (χ1n) is 9.94. The lowest BCUT2D eigenvalue weighted by atomic mass is 10.2.